The van der Waals surface area contributed by atoms with Crippen LogP contribution in [0.3, 0.4) is 0 Å². The van der Waals surface area contributed by atoms with Gasteiger partial charge in [0.1, 0.15) is 0 Å². The highest BCUT2D eigenvalue weighted by atomic mass is 32.1. The maximum atomic E-state index is 12.3. The number of hydrogen-bond acceptors (Lipinski definition) is 4. The zero-order valence-corrected chi connectivity index (χ0v) is 12.2. The number of nitrogens with one attached hydrogen (secondary N) is 1. The molecule has 1 unspecified atom stereocenters. The molecule has 108 valence electrons. The molecule has 0 spiro atoms. The first-order valence-corrected chi connectivity index (χ1v) is 7.91. The molecule has 3 atom stereocenters. The van der Waals surface area contributed by atoms with Crippen LogP contribution in [0.5, 0.6) is 0 Å². The van der Waals surface area contributed by atoms with E-state index in [4.69, 9.17) is 0 Å². The number of hydrogen-bond donors (Lipinski definition) is 2. The minimum atomic E-state index is -0.868. The van der Waals surface area contributed by atoms with Gasteiger partial charge in [-0.25, -0.2) is 4.98 Å². The minimum Gasteiger partial charge on any atom is -0.481 e. The number of carboxylic acid groups (broad SMARTS) is 1. The van der Waals surface area contributed by atoms with Gasteiger partial charge in [0.2, 0.25) is 5.91 Å². The summed E-state index contributed by atoms with van der Waals surface area (Å²) in [6.07, 6.45) is 3.58. The van der Waals surface area contributed by atoms with Crippen molar-refractivity contribution in [1.82, 2.24) is 4.98 Å². The number of thiazole rings is 1. The molecular weight excluding hydrogens is 276 g/mol. The molecule has 0 aromatic carbocycles. The fourth-order valence-corrected chi connectivity index (χ4v) is 3.76. The van der Waals surface area contributed by atoms with Crippen molar-refractivity contribution >= 4 is 28.3 Å². The Kier molecular flexibility index (Phi) is 3.50. The molecule has 1 aromatic heterocycles. The van der Waals surface area contributed by atoms with E-state index in [1.807, 2.05) is 12.3 Å². The van der Waals surface area contributed by atoms with Crippen LogP contribution in [0.2, 0.25) is 0 Å². The van der Waals surface area contributed by atoms with Crippen molar-refractivity contribution in [2.45, 2.75) is 38.5 Å². The van der Waals surface area contributed by atoms with Gasteiger partial charge in [-0.15, -0.1) is 11.3 Å². The van der Waals surface area contributed by atoms with E-state index in [2.05, 4.69) is 10.3 Å². The van der Waals surface area contributed by atoms with Gasteiger partial charge in [0, 0.05) is 11.3 Å². The average molecular weight is 294 g/mol. The lowest BCUT2D eigenvalue weighted by molar-refractivity contribution is -0.145. The van der Waals surface area contributed by atoms with Crippen molar-refractivity contribution in [3.8, 4) is 0 Å². The van der Waals surface area contributed by atoms with Crippen molar-refractivity contribution in [2.75, 3.05) is 5.32 Å². The van der Waals surface area contributed by atoms with E-state index in [-0.39, 0.29) is 11.8 Å². The molecule has 2 aliphatic rings. The first-order chi connectivity index (χ1) is 9.54. The Balaban J connectivity index is 1.66. The van der Waals surface area contributed by atoms with Crippen LogP contribution in [0.4, 0.5) is 5.13 Å². The Hall–Kier alpha value is -1.43. The predicted molar refractivity (Wildman–Crippen MR) is 75.7 cm³/mol. The first kappa shape index (κ1) is 13.5. The molecular formula is C14H18N2O3S. The van der Waals surface area contributed by atoms with Crippen molar-refractivity contribution in [1.29, 1.82) is 0 Å². The molecule has 0 bridgehead atoms. The first-order valence-electron chi connectivity index (χ1n) is 7.03. The lowest BCUT2D eigenvalue weighted by Gasteiger charge is -2.14. The highest BCUT2D eigenvalue weighted by Crippen LogP contribution is 2.41. The molecule has 1 aromatic rings. The van der Waals surface area contributed by atoms with Crippen LogP contribution in [0.1, 0.15) is 44.2 Å². The third-order valence-electron chi connectivity index (χ3n) is 4.20. The van der Waals surface area contributed by atoms with Crippen LogP contribution in [-0.2, 0) is 9.59 Å². The number of carbonyl (C=O) groups excluding carboxylic acids is 1. The summed E-state index contributed by atoms with van der Waals surface area (Å²) in [5, 5.41) is 14.6. The SMILES string of the molecule is CC1C[C@H](C(=O)Nc2nc(C3CC3)cs2)[C@H](C(=O)O)C1. The summed E-state index contributed by atoms with van der Waals surface area (Å²) in [4.78, 5) is 27.9. The van der Waals surface area contributed by atoms with Crippen LogP contribution < -0.4 is 5.32 Å². The number of aromatic nitrogens is 1. The van der Waals surface area contributed by atoms with Crippen LogP contribution in [-0.4, -0.2) is 22.0 Å². The third-order valence-corrected chi connectivity index (χ3v) is 4.98. The van der Waals surface area contributed by atoms with Gasteiger partial charge in [0.25, 0.3) is 0 Å². The minimum absolute atomic E-state index is 0.196. The van der Waals surface area contributed by atoms with E-state index in [1.54, 1.807) is 0 Å². The molecule has 0 saturated heterocycles. The summed E-state index contributed by atoms with van der Waals surface area (Å²) in [5.74, 6) is -1.21. The van der Waals surface area contributed by atoms with Gasteiger partial charge >= 0.3 is 5.97 Å². The van der Waals surface area contributed by atoms with Crippen LogP contribution in [0.25, 0.3) is 0 Å². The average Bonchev–Trinajstić information content (AvgIpc) is 3.01. The highest BCUT2D eigenvalue weighted by molar-refractivity contribution is 7.13. The van der Waals surface area contributed by atoms with Crippen molar-refractivity contribution in [3.63, 3.8) is 0 Å². The van der Waals surface area contributed by atoms with E-state index in [1.165, 1.54) is 24.2 Å². The molecule has 2 saturated carbocycles. The Bertz CT molecular complexity index is 538. The molecule has 2 N–H and O–H groups in total. The second-order valence-electron chi connectivity index (χ2n) is 5.97. The van der Waals surface area contributed by atoms with E-state index >= 15 is 0 Å². The lowest BCUT2D eigenvalue weighted by atomic mass is 9.95. The second-order valence-corrected chi connectivity index (χ2v) is 6.83. The van der Waals surface area contributed by atoms with Crippen LogP contribution >= 0.6 is 11.3 Å². The Morgan fingerprint density at radius 1 is 1.35 bits per heavy atom. The van der Waals surface area contributed by atoms with E-state index in [0.717, 1.165) is 5.69 Å². The number of carbonyl (C=O) groups is 2. The normalized spacial score (nSPS) is 29.4. The molecule has 1 amide bonds. The number of anilines is 1. The van der Waals surface area contributed by atoms with Gasteiger partial charge < -0.3 is 10.4 Å². The number of rotatable bonds is 4. The number of amides is 1. The highest BCUT2D eigenvalue weighted by Gasteiger charge is 2.41. The largest absolute Gasteiger partial charge is 0.481 e. The Morgan fingerprint density at radius 2 is 2.05 bits per heavy atom. The molecule has 0 radical (unpaired) electrons. The number of aliphatic carboxylic acids is 1. The zero-order valence-electron chi connectivity index (χ0n) is 11.3. The predicted octanol–water partition coefficient (Wildman–Crippen LogP) is 2.71. The molecule has 20 heavy (non-hydrogen) atoms. The third kappa shape index (κ3) is 2.70. The van der Waals surface area contributed by atoms with E-state index in [0.29, 0.717) is 23.9 Å². The van der Waals surface area contributed by atoms with E-state index < -0.39 is 17.8 Å². The molecule has 2 aliphatic carbocycles. The van der Waals surface area contributed by atoms with Gasteiger partial charge in [0.15, 0.2) is 5.13 Å². The lowest BCUT2D eigenvalue weighted by Crippen LogP contribution is -2.29. The van der Waals surface area contributed by atoms with Crippen LogP contribution in [0, 0.1) is 17.8 Å². The molecule has 6 heteroatoms. The summed E-state index contributed by atoms with van der Waals surface area (Å²) in [7, 11) is 0. The molecule has 3 rings (SSSR count). The van der Waals surface area contributed by atoms with Crippen LogP contribution in [0.15, 0.2) is 5.38 Å². The Labute approximate surface area is 121 Å². The number of nitrogens with zero attached hydrogens (tertiary/aromatic N) is 1. The smallest absolute Gasteiger partial charge is 0.307 e. The Morgan fingerprint density at radius 3 is 2.70 bits per heavy atom. The summed E-state index contributed by atoms with van der Waals surface area (Å²) < 4.78 is 0. The van der Waals surface area contributed by atoms with Gasteiger partial charge in [-0.05, 0) is 31.6 Å². The maximum Gasteiger partial charge on any atom is 0.307 e. The van der Waals surface area contributed by atoms with Gasteiger partial charge in [0.05, 0.1) is 17.5 Å². The molecule has 2 fully saturated rings. The quantitative estimate of drug-likeness (QED) is 0.895. The van der Waals surface area contributed by atoms with Crippen molar-refractivity contribution in [2.24, 2.45) is 17.8 Å². The fourth-order valence-electron chi connectivity index (χ4n) is 2.96. The summed E-state index contributed by atoms with van der Waals surface area (Å²) in [6, 6.07) is 0. The van der Waals surface area contributed by atoms with Gasteiger partial charge in [-0.2, -0.15) is 0 Å². The van der Waals surface area contributed by atoms with Crippen molar-refractivity contribution < 1.29 is 14.7 Å². The fraction of sp³-hybridized carbons (Fsp3) is 0.643. The van der Waals surface area contributed by atoms with Gasteiger partial charge in [-0.1, -0.05) is 6.92 Å². The number of carboxylic acids is 1. The molecule has 0 aliphatic heterocycles. The maximum absolute atomic E-state index is 12.3. The zero-order chi connectivity index (χ0) is 14.3. The standard InChI is InChI=1S/C14H18N2O3S/c1-7-4-9(10(5-7)13(18)19)12(17)16-14-15-11(6-20-14)8-2-3-8/h6-10H,2-5H2,1H3,(H,18,19)(H,15,16,17)/t7?,9-,10+/m0/s1. The second kappa shape index (κ2) is 5.16. The summed E-state index contributed by atoms with van der Waals surface area (Å²) in [6.45, 7) is 2.00. The monoisotopic (exact) mass is 294 g/mol. The molecule has 1 heterocycles. The van der Waals surface area contributed by atoms with Gasteiger partial charge in [-0.3, -0.25) is 9.59 Å². The van der Waals surface area contributed by atoms with Crippen molar-refractivity contribution in [3.05, 3.63) is 11.1 Å². The topological polar surface area (TPSA) is 79.3 Å². The summed E-state index contributed by atoms with van der Waals surface area (Å²) >= 11 is 1.42. The molecule has 5 nitrogen and oxygen atoms in total. The van der Waals surface area contributed by atoms with E-state index in [9.17, 15) is 14.7 Å². The summed E-state index contributed by atoms with van der Waals surface area (Å²) in [5.41, 5.74) is 1.06.